The highest BCUT2D eigenvalue weighted by atomic mass is 16.3. The molecule has 0 aliphatic carbocycles. The number of nitrogens with two attached hydrogens (primary N) is 1. The molecule has 0 bridgehead atoms. The molecule has 0 spiro atoms. The topological polar surface area (TPSA) is 132 Å². The van der Waals surface area contributed by atoms with Crippen LogP contribution < -0.4 is 5.73 Å². The Balaban J connectivity index is 1.52. The Morgan fingerprint density at radius 3 is 2.47 bits per heavy atom. The van der Waals surface area contributed by atoms with Crippen molar-refractivity contribution in [3.8, 4) is 22.4 Å². The Labute approximate surface area is 208 Å². The fourth-order valence-corrected chi connectivity index (χ4v) is 4.91. The molecule has 186 valence electrons. The lowest BCUT2D eigenvalue weighted by Crippen LogP contribution is -2.42. The number of pyridine rings is 1. The summed E-state index contributed by atoms with van der Waals surface area (Å²) in [4.78, 5) is 36.0. The van der Waals surface area contributed by atoms with Crippen LogP contribution in [0.4, 0.5) is 5.82 Å². The predicted molar refractivity (Wildman–Crippen MR) is 135 cm³/mol. The third kappa shape index (κ3) is 4.13. The number of fused-ring (bicyclic) bond motifs is 1. The molecule has 0 radical (unpaired) electrons. The van der Waals surface area contributed by atoms with Crippen molar-refractivity contribution < 1.29 is 14.7 Å². The molecule has 0 saturated carbocycles. The zero-order valence-electron chi connectivity index (χ0n) is 20.5. The molecule has 1 atom stereocenters. The highest BCUT2D eigenvalue weighted by Gasteiger charge is 2.31. The number of carbonyl (C=O) groups excluding carboxylic acids is 2. The quantitative estimate of drug-likeness (QED) is 0.414. The fraction of sp³-hybridized carbons (Fsp3) is 0.346. The van der Waals surface area contributed by atoms with Gasteiger partial charge in [0, 0.05) is 61.3 Å². The summed E-state index contributed by atoms with van der Waals surface area (Å²) in [6.07, 6.45) is 7.68. The van der Waals surface area contributed by atoms with Gasteiger partial charge in [-0.2, -0.15) is 9.61 Å². The number of rotatable bonds is 5. The molecule has 1 fully saturated rings. The van der Waals surface area contributed by atoms with Gasteiger partial charge in [-0.3, -0.25) is 14.6 Å². The molecule has 1 aliphatic rings. The summed E-state index contributed by atoms with van der Waals surface area (Å²) in [7, 11) is 1.97. The normalized spacial score (nSPS) is 15.4. The molecule has 1 amide bonds. The van der Waals surface area contributed by atoms with E-state index in [1.807, 2.05) is 42.2 Å². The van der Waals surface area contributed by atoms with Crippen LogP contribution in [0.5, 0.6) is 0 Å². The van der Waals surface area contributed by atoms with Crippen LogP contribution in [-0.4, -0.2) is 65.0 Å². The number of nitrogens with zero attached hydrogens (tertiary/aromatic N) is 6. The molecule has 1 saturated heterocycles. The number of likely N-dealkylation sites (tertiary alicyclic amines) is 1. The zero-order chi connectivity index (χ0) is 25.6. The van der Waals surface area contributed by atoms with Crippen molar-refractivity contribution in [1.29, 1.82) is 0 Å². The number of anilines is 1. The van der Waals surface area contributed by atoms with Gasteiger partial charge in [-0.05, 0) is 38.8 Å². The van der Waals surface area contributed by atoms with Crippen LogP contribution in [0.1, 0.15) is 48.7 Å². The number of piperidine rings is 1. The minimum Gasteiger partial charge on any atom is -0.384 e. The first-order valence-electron chi connectivity index (χ1n) is 12.0. The lowest BCUT2D eigenvalue weighted by Gasteiger charge is -2.33. The maximum absolute atomic E-state index is 12.6. The van der Waals surface area contributed by atoms with Gasteiger partial charge in [-0.1, -0.05) is 6.07 Å². The first kappa shape index (κ1) is 23.7. The van der Waals surface area contributed by atoms with Crippen LogP contribution in [-0.2, 0) is 11.8 Å². The molecule has 5 rings (SSSR count). The summed E-state index contributed by atoms with van der Waals surface area (Å²) in [5, 5.41) is 14.1. The number of aliphatic hydroxyl groups is 1. The number of Topliss-reactive ketones (excluding diaryl/α,β-unsaturated/α-hetero) is 1. The van der Waals surface area contributed by atoms with E-state index in [9.17, 15) is 14.7 Å². The molecular weight excluding hydrogens is 458 g/mol. The van der Waals surface area contributed by atoms with E-state index < -0.39 is 6.10 Å². The maximum Gasteiger partial charge on any atom is 0.251 e. The Kier molecular flexibility index (Phi) is 6.05. The predicted octanol–water partition coefficient (Wildman–Crippen LogP) is 2.67. The number of hydrogen-bond donors (Lipinski definition) is 2. The molecule has 0 aromatic carbocycles. The second-order valence-corrected chi connectivity index (χ2v) is 9.38. The smallest absolute Gasteiger partial charge is 0.251 e. The molecular formula is C26H29N7O3. The second-order valence-electron chi connectivity index (χ2n) is 9.38. The standard InChI is InChI=1S/C26H29N7O3/c1-15(34)22-23(17-7-10-32(11-8-17)26(36)16(2)35)30-25-20(13-29-33(25)24(22)27)18-4-5-21(28-12-18)19-6-9-31(3)14-19/h4-6,9,12-14,16-17,35H,7-8,10-11,27H2,1-3H3/t16-/m1/s1. The van der Waals surface area contributed by atoms with E-state index in [0.29, 0.717) is 42.8 Å². The van der Waals surface area contributed by atoms with E-state index in [-0.39, 0.29) is 23.4 Å². The molecule has 4 aromatic heterocycles. The van der Waals surface area contributed by atoms with E-state index in [1.165, 1.54) is 18.4 Å². The largest absolute Gasteiger partial charge is 0.384 e. The maximum atomic E-state index is 12.6. The van der Waals surface area contributed by atoms with Gasteiger partial charge in [0.05, 0.1) is 23.1 Å². The van der Waals surface area contributed by atoms with Gasteiger partial charge in [0.1, 0.15) is 11.9 Å². The fourth-order valence-electron chi connectivity index (χ4n) is 4.91. The molecule has 3 N–H and O–H groups in total. The van der Waals surface area contributed by atoms with Crippen LogP contribution in [0.25, 0.3) is 28.0 Å². The number of hydrogen-bond acceptors (Lipinski definition) is 7. The van der Waals surface area contributed by atoms with Crippen LogP contribution in [0.2, 0.25) is 0 Å². The van der Waals surface area contributed by atoms with Crippen molar-refractivity contribution in [2.75, 3.05) is 18.8 Å². The van der Waals surface area contributed by atoms with Crippen molar-refractivity contribution in [3.05, 3.63) is 54.2 Å². The van der Waals surface area contributed by atoms with Gasteiger partial charge in [0.15, 0.2) is 11.4 Å². The van der Waals surface area contributed by atoms with Gasteiger partial charge in [0.25, 0.3) is 5.91 Å². The van der Waals surface area contributed by atoms with Crippen LogP contribution in [0.3, 0.4) is 0 Å². The van der Waals surface area contributed by atoms with Gasteiger partial charge in [0.2, 0.25) is 0 Å². The number of nitrogen functional groups attached to an aromatic ring is 1. The number of carbonyl (C=O) groups is 2. The Morgan fingerprint density at radius 2 is 1.89 bits per heavy atom. The van der Waals surface area contributed by atoms with Crippen molar-refractivity contribution in [1.82, 2.24) is 29.0 Å². The van der Waals surface area contributed by atoms with Gasteiger partial charge < -0.3 is 20.3 Å². The molecule has 5 heterocycles. The summed E-state index contributed by atoms with van der Waals surface area (Å²) in [5.74, 6) is -0.251. The average Bonchev–Trinajstić information content (AvgIpc) is 3.50. The second kappa shape index (κ2) is 9.19. The molecule has 4 aromatic rings. The number of aryl methyl sites for hydroxylation is 1. The van der Waals surface area contributed by atoms with Crippen molar-refractivity contribution in [2.45, 2.75) is 38.7 Å². The van der Waals surface area contributed by atoms with E-state index in [4.69, 9.17) is 10.7 Å². The number of aromatic nitrogens is 5. The van der Waals surface area contributed by atoms with E-state index >= 15 is 0 Å². The lowest BCUT2D eigenvalue weighted by atomic mass is 9.89. The summed E-state index contributed by atoms with van der Waals surface area (Å²) in [6.45, 7) is 3.91. The van der Waals surface area contributed by atoms with Gasteiger partial charge in [-0.25, -0.2) is 4.98 Å². The number of aliphatic hydroxyl groups excluding tert-OH is 1. The average molecular weight is 488 g/mol. The Hall–Kier alpha value is -4.05. The van der Waals surface area contributed by atoms with Crippen molar-refractivity contribution in [3.63, 3.8) is 0 Å². The summed E-state index contributed by atoms with van der Waals surface area (Å²) < 4.78 is 3.48. The first-order valence-corrected chi connectivity index (χ1v) is 12.0. The van der Waals surface area contributed by atoms with Crippen LogP contribution in [0.15, 0.2) is 43.0 Å². The lowest BCUT2D eigenvalue weighted by molar-refractivity contribution is -0.140. The highest BCUT2D eigenvalue weighted by Crippen LogP contribution is 2.35. The molecule has 36 heavy (non-hydrogen) atoms. The number of ketones is 1. The minimum absolute atomic E-state index is 0.0458. The monoisotopic (exact) mass is 487 g/mol. The summed E-state index contributed by atoms with van der Waals surface area (Å²) >= 11 is 0. The Bertz CT molecular complexity index is 1440. The van der Waals surface area contributed by atoms with Gasteiger partial charge >= 0.3 is 0 Å². The third-order valence-electron chi connectivity index (χ3n) is 6.82. The van der Waals surface area contributed by atoms with E-state index in [0.717, 1.165) is 22.4 Å². The van der Waals surface area contributed by atoms with E-state index in [1.54, 1.807) is 17.3 Å². The van der Waals surface area contributed by atoms with Crippen LogP contribution in [0, 0.1) is 0 Å². The first-order chi connectivity index (χ1) is 17.2. The zero-order valence-corrected chi connectivity index (χ0v) is 20.5. The summed E-state index contributed by atoms with van der Waals surface area (Å²) in [6, 6.07) is 5.94. The van der Waals surface area contributed by atoms with Crippen molar-refractivity contribution in [2.24, 2.45) is 7.05 Å². The third-order valence-corrected chi connectivity index (χ3v) is 6.82. The summed E-state index contributed by atoms with van der Waals surface area (Å²) in [5.41, 5.74) is 11.5. The number of amides is 1. The van der Waals surface area contributed by atoms with Gasteiger partial charge in [-0.15, -0.1) is 0 Å². The SMILES string of the molecule is CC(=O)c1c(C2CCN(C(=O)[C@@H](C)O)CC2)nc2c(-c3ccc(-c4ccn(C)c4)nc3)cnn2c1N. The van der Waals surface area contributed by atoms with Crippen molar-refractivity contribution >= 4 is 23.2 Å². The van der Waals surface area contributed by atoms with Crippen LogP contribution >= 0.6 is 0 Å². The Morgan fingerprint density at radius 1 is 1.14 bits per heavy atom. The highest BCUT2D eigenvalue weighted by molar-refractivity contribution is 6.00. The minimum atomic E-state index is -1.03. The molecule has 10 nitrogen and oxygen atoms in total. The molecule has 10 heteroatoms. The molecule has 0 unspecified atom stereocenters. The van der Waals surface area contributed by atoms with E-state index in [2.05, 4.69) is 10.1 Å². The molecule has 1 aliphatic heterocycles.